The Hall–Kier alpha value is -1.94. The first kappa shape index (κ1) is 15.4. The summed E-state index contributed by atoms with van der Waals surface area (Å²) >= 11 is 5.68. The van der Waals surface area contributed by atoms with Crippen molar-refractivity contribution in [2.45, 2.75) is 20.0 Å². The van der Waals surface area contributed by atoms with Gasteiger partial charge in [-0.1, -0.05) is 12.1 Å². The van der Waals surface area contributed by atoms with Gasteiger partial charge < -0.3 is 14.1 Å². The van der Waals surface area contributed by atoms with Crippen LogP contribution in [0.5, 0.6) is 5.75 Å². The number of hydrogen-bond donors (Lipinski definition) is 0. The molecule has 0 radical (unpaired) electrons. The molecule has 5 heteroatoms. The van der Waals surface area contributed by atoms with E-state index >= 15 is 0 Å². The van der Waals surface area contributed by atoms with E-state index in [1.54, 1.807) is 17.2 Å². The van der Waals surface area contributed by atoms with Crippen LogP contribution in [0.1, 0.15) is 18.2 Å². The lowest BCUT2D eigenvalue weighted by atomic mass is 10.2. The van der Waals surface area contributed by atoms with E-state index in [2.05, 4.69) is 0 Å². The van der Waals surface area contributed by atoms with Gasteiger partial charge in [-0.05, 0) is 36.8 Å². The van der Waals surface area contributed by atoms with Crippen LogP contribution in [0, 0.1) is 0 Å². The molecule has 112 valence electrons. The molecule has 1 amide bonds. The summed E-state index contributed by atoms with van der Waals surface area (Å²) in [6.45, 7) is 3.47. The SMILES string of the molecule is CCOc1ccc(CN(Cc2ccco2)C(=O)CCl)cc1. The molecule has 0 atom stereocenters. The topological polar surface area (TPSA) is 42.7 Å². The van der Waals surface area contributed by atoms with Gasteiger partial charge in [0.15, 0.2) is 0 Å². The Morgan fingerprint density at radius 1 is 1.24 bits per heavy atom. The zero-order valence-corrected chi connectivity index (χ0v) is 12.7. The van der Waals surface area contributed by atoms with Gasteiger partial charge in [-0.25, -0.2) is 0 Å². The fourth-order valence-corrected chi connectivity index (χ4v) is 2.15. The Morgan fingerprint density at radius 2 is 2.00 bits per heavy atom. The first-order valence-corrected chi connectivity index (χ1v) is 7.34. The van der Waals surface area contributed by atoms with Crippen molar-refractivity contribution in [1.82, 2.24) is 4.90 Å². The molecule has 2 aromatic rings. The van der Waals surface area contributed by atoms with E-state index < -0.39 is 0 Å². The number of nitrogens with zero attached hydrogens (tertiary/aromatic N) is 1. The summed E-state index contributed by atoms with van der Waals surface area (Å²) in [5.74, 6) is 1.39. The zero-order chi connectivity index (χ0) is 15.1. The van der Waals surface area contributed by atoms with Crippen LogP contribution in [0.2, 0.25) is 0 Å². The lowest BCUT2D eigenvalue weighted by Crippen LogP contribution is -2.30. The van der Waals surface area contributed by atoms with Crippen LogP contribution in [0.4, 0.5) is 0 Å². The second kappa shape index (κ2) is 7.74. The Morgan fingerprint density at radius 3 is 2.57 bits per heavy atom. The maximum Gasteiger partial charge on any atom is 0.238 e. The van der Waals surface area contributed by atoms with E-state index in [0.717, 1.165) is 17.1 Å². The number of benzene rings is 1. The summed E-state index contributed by atoms with van der Waals surface area (Å²) in [5, 5.41) is 0. The van der Waals surface area contributed by atoms with Crippen LogP contribution in [0.15, 0.2) is 47.1 Å². The minimum atomic E-state index is -0.123. The first-order chi connectivity index (χ1) is 10.2. The Balaban J connectivity index is 2.05. The lowest BCUT2D eigenvalue weighted by Gasteiger charge is -2.21. The van der Waals surface area contributed by atoms with Crippen molar-refractivity contribution in [2.24, 2.45) is 0 Å². The van der Waals surface area contributed by atoms with Crippen molar-refractivity contribution >= 4 is 17.5 Å². The Kier molecular flexibility index (Phi) is 5.69. The maximum atomic E-state index is 11.9. The number of ether oxygens (including phenoxy) is 1. The molecule has 0 saturated carbocycles. The fourth-order valence-electron chi connectivity index (χ4n) is 1.99. The molecule has 21 heavy (non-hydrogen) atoms. The van der Waals surface area contributed by atoms with Gasteiger partial charge in [-0.3, -0.25) is 4.79 Å². The van der Waals surface area contributed by atoms with Crippen molar-refractivity contribution in [2.75, 3.05) is 12.5 Å². The van der Waals surface area contributed by atoms with E-state index in [1.807, 2.05) is 37.3 Å². The second-order valence-electron chi connectivity index (χ2n) is 4.54. The molecule has 0 unspecified atom stereocenters. The van der Waals surface area contributed by atoms with Crippen LogP contribution in [-0.4, -0.2) is 23.3 Å². The summed E-state index contributed by atoms with van der Waals surface area (Å²) in [6.07, 6.45) is 1.59. The second-order valence-corrected chi connectivity index (χ2v) is 4.81. The Labute approximate surface area is 129 Å². The molecule has 1 aromatic carbocycles. The number of amides is 1. The molecular formula is C16H18ClNO3. The molecule has 2 rings (SSSR count). The largest absolute Gasteiger partial charge is 0.494 e. The number of furan rings is 1. The summed E-state index contributed by atoms with van der Waals surface area (Å²) in [5.41, 5.74) is 1.02. The van der Waals surface area contributed by atoms with Crippen molar-refractivity contribution in [3.63, 3.8) is 0 Å². The monoisotopic (exact) mass is 307 g/mol. The number of carbonyl (C=O) groups is 1. The average Bonchev–Trinajstić information content (AvgIpc) is 3.01. The van der Waals surface area contributed by atoms with Gasteiger partial charge in [0.05, 0.1) is 19.4 Å². The number of halogens is 1. The predicted molar refractivity (Wildman–Crippen MR) is 81.3 cm³/mol. The van der Waals surface area contributed by atoms with Crippen molar-refractivity contribution in [1.29, 1.82) is 0 Å². The Bertz CT molecular complexity index is 551. The third kappa shape index (κ3) is 4.53. The first-order valence-electron chi connectivity index (χ1n) is 6.80. The number of alkyl halides is 1. The van der Waals surface area contributed by atoms with E-state index in [0.29, 0.717) is 19.7 Å². The van der Waals surface area contributed by atoms with Crippen LogP contribution in [0.3, 0.4) is 0 Å². The van der Waals surface area contributed by atoms with E-state index in [9.17, 15) is 4.79 Å². The summed E-state index contributed by atoms with van der Waals surface area (Å²) in [6, 6.07) is 11.3. The fraction of sp³-hybridized carbons (Fsp3) is 0.312. The molecule has 0 aliphatic carbocycles. The van der Waals surface area contributed by atoms with Gasteiger partial charge in [-0.15, -0.1) is 11.6 Å². The predicted octanol–water partition coefficient (Wildman–Crippen LogP) is 3.45. The molecule has 0 spiro atoms. The highest BCUT2D eigenvalue weighted by atomic mass is 35.5. The van der Waals surface area contributed by atoms with Gasteiger partial charge in [0, 0.05) is 6.54 Å². The van der Waals surface area contributed by atoms with E-state index in [-0.39, 0.29) is 11.8 Å². The van der Waals surface area contributed by atoms with Gasteiger partial charge in [0.25, 0.3) is 0 Å². The summed E-state index contributed by atoms with van der Waals surface area (Å²) < 4.78 is 10.7. The third-order valence-corrected chi connectivity index (χ3v) is 3.23. The number of hydrogen-bond acceptors (Lipinski definition) is 3. The number of carbonyl (C=O) groups excluding carboxylic acids is 1. The highest BCUT2D eigenvalue weighted by Gasteiger charge is 2.14. The minimum Gasteiger partial charge on any atom is -0.494 e. The molecule has 1 aromatic heterocycles. The molecule has 0 aliphatic heterocycles. The number of rotatable bonds is 7. The van der Waals surface area contributed by atoms with Crippen LogP contribution in [-0.2, 0) is 17.9 Å². The molecule has 0 fully saturated rings. The average molecular weight is 308 g/mol. The molecule has 0 aliphatic rings. The van der Waals surface area contributed by atoms with Gasteiger partial charge in [0.1, 0.15) is 17.4 Å². The molecule has 4 nitrogen and oxygen atoms in total. The van der Waals surface area contributed by atoms with Crippen LogP contribution >= 0.6 is 11.6 Å². The van der Waals surface area contributed by atoms with Gasteiger partial charge in [0.2, 0.25) is 5.91 Å². The lowest BCUT2D eigenvalue weighted by molar-refractivity contribution is -0.130. The van der Waals surface area contributed by atoms with Gasteiger partial charge in [-0.2, -0.15) is 0 Å². The van der Waals surface area contributed by atoms with Crippen molar-refractivity contribution < 1.29 is 13.9 Å². The van der Waals surface area contributed by atoms with Crippen molar-refractivity contribution in [3.8, 4) is 5.75 Å². The summed E-state index contributed by atoms with van der Waals surface area (Å²) in [4.78, 5) is 13.6. The van der Waals surface area contributed by atoms with E-state index in [4.69, 9.17) is 20.8 Å². The smallest absolute Gasteiger partial charge is 0.238 e. The molecule has 0 saturated heterocycles. The molecule has 1 heterocycles. The maximum absolute atomic E-state index is 11.9. The zero-order valence-electron chi connectivity index (χ0n) is 11.9. The normalized spacial score (nSPS) is 10.4. The molecular weight excluding hydrogens is 290 g/mol. The highest BCUT2D eigenvalue weighted by Crippen LogP contribution is 2.15. The highest BCUT2D eigenvalue weighted by molar-refractivity contribution is 6.27. The summed E-state index contributed by atoms with van der Waals surface area (Å²) in [7, 11) is 0. The van der Waals surface area contributed by atoms with Gasteiger partial charge >= 0.3 is 0 Å². The van der Waals surface area contributed by atoms with Crippen LogP contribution < -0.4 is 4.74 Å². The third-order valence-electron chi connectivity index (χ3n) is 3.00. The van der Waals surface area contributed by atoms with Crippen molar-refractivity contribution in [3.05, 3.63) is 54.0 Å². The van der Waals surface area contributed by atoms with E-state index in [1.165, 1.54) is 0 Å². The quantitative estimate of drug-likeness (QED) is 0.736. The standard InChI is InChI=1S/C16H18ClNO3/c1-2-20-14-7-5-13(6-8-14)11-18(16(19)10-17)12-15-4-3-9-21-15/h3-9H,2,10-12H2,1H3. The molecule has 0 N–H and O–H groups in total. The van der Waals surface area contributed by atoms with Crippen LogP contribution in [0.25, 0.3) is 0 Å². The molecule has 0 bridgehead atoms. The minimum absolute atomic E-state index is 0.0439.